The summed E-state index contributed by atoms with van der Waals surface area (Å²) < 4.78 is 8.53. The Morgan fingerprint density at radius 2 is 2.17 bits per heavy atom. The molecule has 3 rings (SSSR count). The molecule has 130 valence electrons. The fourth-order valence-electron chi connectivity index (χ4n) is 2.88. The summed E-state index contributed by atoms with van der Waals surface area (Å²) in [6.07, 6.45) is 5.13. The number of amides is 1. The van der Waals surface area contributed by atoms with E-state index in [1.807, 2.05) is 20.8 Å². The summed E-state index contributed by atoms with van der Waals surface area (Å²) >= 11 is 8.43. The Morgan fingerprint density at radius 3 is 2.83 bits per heavy atom. The minimum Gasteiger partial charge on any atom is -0.449 e. The normalized spacial score (nSPS) is 20.7. The molecule has 1 N–H and O–H groups in total. The largest absolute Gasteiger partial charge is 0.449 e. The number of carbonyl (C=O) groups excluding carboxylic acids is 1. The summed E-state index contributed by atoms with van der Waals surface area (Å²) in [4.78, 5) is 20.1. The molecule has 1 amide bonds. The van der Waals surface area contributed by atoms with Crippen molar-refractivity contribution in [3.63, 3.8) is 0 Å². The maximum absolute atomic E-state index is 11.7. The van der Waals surface area contributed by atoms with Gasteiger partial charge in [-0.2, -0.15) is 0 Å². The number of hydrogen-bond acceptors (Lipinski definition) is 4. The minimum atomic E-state index is -0.355. The molecule has 1 fully saturated rings. The van der Waals surface area contributed by atoms with Gasteiger partial charge in [-0.1, -0.05) is 11.6 Å². The Hall–Kier alpha value is -1.09. The SMILES string of the molecule is CC(C)(C)NC(=O)OCC1CC(n2cc(I)c3c(Cl)ncnc32)C1. The van der Waals surface area contributed by atoms with Crippen molar-refractivity contribution >= 4 is 51.3 Å². The van der Waals surface area contributed by atoms with Gasteiger partial charge < -0.3 is 14.6 Å². The van der Waals surface area contributed by atoms with Crippen molar-refractivity contribution < 1.29 is 9.53 Å². The second-order valence-corrected chi connectivity index (χ2v) is 8.73. The summed E-state index contributed by atoms with van der Waals surface area (Å²) in [7, 11) is 0. The molecule has 2 aromatic heterocycles. The molecule has 0 spiro atoms. The van der Waals surface area contributed by atoms with Crippen molar-refractivity contribution in [1.82, 2.24) is 19.9 Å². The maximum atomic E-state index is 11.7. The van der Waals surface area contributed by atoms with Crippen molar-refractivity contribution in [2.24, 2.45) is 5.92 Å². The van der Waals surface area contributed by atoms with Gasteiger partial charge in [0.05, 0.1) is 12.0 Å². The minimum absolute atomic E-state index is 0.279. The Bertz CT molecular complexity index is 765. The van der Waals surface area contributed by atoms with Gasteiger partial charge in [0.1, 0.15) is 17.1 Å². The number of rotatable bonds is 3. The van der Waals surface area contributed by atoms with E-state index in [-0.39, 0.29) is 11.6 Å². The number of alkyl carbamates (subject to hydrolysis) is 1. The van der Waals surface area contributed by atoms with E-state index in [1.54, 1.807) is 0 Å². The number of ether oxygens (including phenoxy) is 1. The maximum Gasteiger partial charge on any atom is 0.407 e. The predicted octanol–water partition coefficient (Wildman–Crippen LogP) is 4.17. The molecule has 6 nitrogen and oxygen atoms in total. The highest BCUT2D eigenvalue weighted by Gasteiger charge is 2.33. The van der Waals surface area contributed by atoms with Crippen molar-refractivity contribution in [2.45, 2.75) is 45.2 Å². The highest BCUT2D eigenvalue weighted by Crippen LogP contribution is 2.41. The van der Waals surface area contributed by atoms with E-state index in [1.165, 1.54) is 6.33 Å². The van der Waals surface area contributed by atoms with Crippen LogP contribution < -0.4 is 5.32 Å². The smallest absolute Gasteiger partial charge is 0.407 e. The Kier molecular flexibility index (Phi) is 4.92. The van der Waals surface area contributed by atoms with E-state index in [0.29, 0.717) is 23.7 Å². The molecule has 1 aliphatic carbocycles. The van der Waals surface area contributed by atoms with Gasteiger partial charge in [0.15, 0.2) is 0 Å². The molecule has 0 radical (unpaired) electrons. The number of carbonyl (C=O) groups is 1. The second-order valence-electron chi connectivity index (χ2n) is 7.21. The van der Waals surface area contributed by atoms with E-state index >= 15 is 0 Å². The van der Waals surface area contributed by atoms with Gasteiger partial charge in [0.25, 0.3) is 0 Å². The first-order valence-corrected chi connectivity index (χ1v) is 9.32. The fourth-order valence-corrected chi connectivity index (χ4v) is 4.07. The Balaban J connectivity index is 1.58. The molecule has 0 atom stereocenters. The molecule has 0 aliphatic heterocycles. The second kappa shape index (κ2) is 6.67. The van der Waals surface area contributed by atoms with E-state index < -0.39 is 0 Å². The van der Waals surface area contributed by atoms with Crippen LogP contribution in [0.1, 0.15) is 39.7 Å². The van der Waals surface area contributed by atoms with Gasteiger partial charge >= 0.3 is 6.09 Å². The third-order valence-corrected chi connectivity index (χ3v) is 5.15. The molecular formula is C16H20ClIN4O2. The number of halogens is 2. The summed E-state index contributed by atoms with van der Waals surface area (Å²) in [5.41, 5.74) is 0.591. The lowest BCUT2D eigenvalue weighted by atomic mass is 9.80. The Labute approximate surface area is 159 Å². The summed E-state index contributed by atoms with van der Waals surface area (Å²) in [5.74, 6) is 0.383. The van der Waals surface area contributed by atoms with Crippen LogP contribution in [0.25, 0.3) is 11.0 Å². The van der Waals surface area contributed by atoms with Crippen LogP contribution in [0.2, 0.25) is 5.15 Å². The lowest BCUT2D eigenvalue weighted by molar-refractivity contribution is 0.0764. The fraction of sp³-hybridized carbons (Fsp3) is 0.562. The first kappa shape index (κ1) is 17.7. The highest BCUT2D eigenvalue weighted by molar-refractivity contribution is 14.1. The van der Waals surface area contributed by atoms with Gasteiger partial charge in [-0.15, -0.1) is 0 Å². The van der Waals surface area contributed by atoms with Gasteiger partial charge in [-0.05, 0) is 62.1 Å². The molecule has 0 saturated heterocycles. The number of nitrogens with zero attached hydrogens (tertiary/aromatic N) is 3. The van der Waals surface area contributed by atoms with E-state index in [9.17, 15) is 4.79 Å². The third kappa shape index (κ3) is 3.77. The molecule has 0 bridgehead atoms. The summed E-state index contributed by atoms with van der Waals surface area (Å²) in [6.45, 7) is 6.24. The Morgan fingerprint density at radius 1 is 1.46 bits per heavy atom. The molecule has 1 saturated carbocycles. The third-order valence-electron chi connectivity index (χ3n) is 4.05. The van der Waals surface area contributed by atoms with Crippen LogP contribution in [0.15, 0.2) is 12.5 Å². The summed E-state index contributed by atoms with van der Waals surface area (Å²) in [5, 5.41) is 4.19. The van der Waals surface area contributed by atoms with Crippen LogP contribution in [-0.2, 0) is 4.74 Å². The molecule has 24 heavy (non-hydrogen) atoms. The van der Waals surface area contributed by atoms with Crippen LogP contribution in [-0.4, -0.2) is 32.8 Å². The molecule has 2 aromatic rings. The van der Waals surface area contributed by atoms with Crippen molar-refractivity contribution in [3.8, 4) is 0 Å². The average Bonchev–Trinajstić information content (AvgIpc) is 2.73. The van der Waals surface area contributed by atoms with Gasteiger partial charge in [0.2, 0.25) is 0 Å². The lowest BCUT2D eigenvalue weighted by Gasteiger charge is -2.36. The van der Waals surface area contributed by atoms with E-state index in [2.05, 4.69) is 48.6 Å². The van der Waals surface area contributed by atoms with Crippen LogP contribution in [0.5, 0.6) is 0 Å². The summed E-state index contributed by atoms with van der Waals surface area (Å²) in [6, 6.07) is 0.362. The van der Waals surface area contributed by atoms with Crippen LogP contribution in [0.3, 0.4) is 0 Å². The zero-order valence-corrected chi connectivity index (χ0v) is 16.8. The zero-order chi connectivity index (χ0) is 17.5. The molecule has 1 aliphatic rings. The first-order chi connectivity index (χ1) is 11.2. The van der Waals surface area contributed by atoms with Gasteiger partial charge in [0, 0.05) is 21.3 Å². The number of nitrogens with one attached hydrogen (secondary N) is 1. The van der Waals surface area contributed by atoms with Crippen LogP contribution >= 0.6 is 34.2 Å². The van der Waals surface area contributed by atoms with E-state index in [4.69, 9.17) is 16.3 Å². The predicted molar refractivity (Wildman–Crippen MR) is 101 cm³/mol. The highest BCUT2D eigenvalue weighted by atomic mass is 127. The zero-order valence-electron chi connectivity index (χ0n) is 13.8. The first-order valence-electron chi connectivity index (χ1n) is 7.86. The van der Waals surface area contributed by atoms with E-state index in [0.717, 1.165) is 27.4 Å². The molecular weight excluding hydrogens is 443 g/mol. The quantitative estimate of drug-likeness (QED) is 0.549. The lowest BCUT2D eigenvalue weighted by Crippen LogP contribution is -2.42. The molecule has 0 aromatic carbocycles. The van der Waals surface area contributed by atoms with Gasteiger partial charge in [-0.3, -0.25) is 0 Å². The topological polar surface area (TPSA) is 69.0 Å². The van der Waals surface area contributed by atoms with Crippen LogP contribution in [0.4, 0.5) is 4.79 Å². The molecule has 0 unspecified atom stereocenters. The van der Waals surface area contributed by atoms with Crippen LogP contribution in [0, 0.1) is 9.49 Å². The molecule has 2 heterocycles. The van der Waals surface area contributed by atoms with Crippen molar-refractivity contribution in [1.29, 1.82) is 0 Å². The number of aromatic nitrogens is 3. The van der Waals surface area contributed by atoms with Crippen molar-refractivity contribution in [2.75, 3.05) is 6.61 Å². The standard InChI is InChI=1S/C16H20ClIN4O2/c1-16(2,3)21-15(23)24-7-9-4-10(5-9)22-6-11(18)12-13(17)19-8-20-14(12)22/h6,8-10H,4-5,7H2,1-3H3,(H,21,23). The number of hydrogen-bond donors (Lipinski definition) is 1. The molecule has 8 heteroatoms. The monoisotopic (exact) mass is 462 g/mol. The van der Waals surface area contributed by atoms with Crippen molar-refractivity contribution in [3.05, 3.63) is 21.2 Å². The van der Waals surface area contributed by atoms with Gasteiger partial charge in [-0.25, -0.2) is 14.8 Å². The average molecular weight is 463 g/mol. The number of fused-ring (bicyclic) bond motifs is 1.